The average Bonchev–Trinajstić information content (AvgIpc) is 3.07. The fourth-order valence-corrected chi connectivity index (χ4v) is 3.02. The minimum atomic E-state index is -0.659. The summed E-state index contributed by atoms with van der Waals surface area (Å²) >= 11 is 0. The van der Waals surface area contributed by atoms with Gasteiger partial charge in [0, 0.05) is 19.1 Å². The molecule has 9 heteroatoms. The van der Waals surface area contributed by atoms with Crippen molar-refractivity contribution in [2.75, 3.05) is 18.0 Å². The molecule has 1 aliphatic heterocycles. The van der Waals surface area contributed by atoms with Crippen molar-refractivity contribution in [3.8, 4) is 0 Å². The first-order chi connectivity index (χ1) is 12.0. The van der Waals surface area contributed by atoms with Gasteiger partial charge in [0.25, 0.3) is 5.91 Å². The molecule has 1 aromatic carbocycles. The topological polar surface area (TPSA) is 104 Å². The highest BCUT2D eigenvalue weighted by atomic mass is 19.1. The highest BCUT2D eigenvalue weighted by Gasteiger charge is 2.28. The van der Waals surface area contributed by atoms with E-state index in [1.54, 1.807) is 12.1 Å². The minimum Gasteiger partial charge on any atom is -0.367 e. The van der Waals surface area contributed by atoms with Crippen molar-refractivity contribution in [1.29, 1.82) is 0 Å². The van der Waals surface area contributed by atoms with E-state index in [9.17, 15) is 19.3 Å². The van der Waals surface area contributed by atoms with E-state index < -0.39 is 10.8 Å². The second-order valence-corrected chi connectivity index (χ2v) is 6.10. The van der Waals surface area contributed by atoms with E-state index in [2.05, 4.69) is 15.5 Å². The summed E-state index contributed by atoms with van der Waals surface area (Å²) in [7, 11) is 0. The van der Waals surface area contributed by atoms with E-state index in [0.717, 1.165) is 24.6 Å². The number of amides is 1. The number of anilines is 1. The van der Waals surface area contributed by atoms with Gasteiger partial charge in [0.15, 0.2) is 0 Å². The number of aromatic amines is 1. The number of aromatic nitrogens is 2. The Morgan fingerprint density at radius 2 is 2.32 bits per heavy atom. The Labute approximate surface area is 143 Å². The molecule has 1 aromatic heterocycles. The average molecular weight is 347 g/mol. The molecule has 132 valence electrons. The Balaban J connectivity index is 1.71. The van der Waals surface area contributed by atoms with Gasteiger partial charge in [-0.2, -0.15) is 5.10 Å². The van der Waals surface area contributed by atoms with Crippen LogP contribution in [0.25, 0.3) is 0 Å². The molecular formula is C16H18FN5O3. The molecule has 0 bridgehead atoms. The Morgan fingerprint density at radius 3 is 3.08 bits per heavy atom. The minimum absolute atomic E-state index is 0.177. The third-order valence-electron chi connectivity index (χ3n) is 4.24. The molecule has 1 amide bonds. The van der Waals surface area contributed by atoms with Crippen LogP contribution in [0.3, 0.4) is 0 Å². The maximum Gasteiger partial charge on any atom is 0.319 e. The number of benzene rings is 1. The molecule has 0 spiro atoms. The van der Waals surface area contributed by atoms with E-state index in [1.165, 1.54) is 6.07 Å². The standard InChI is InChI=1S/C16H18FN5O3/c1-10-4-5-12(17)13(7-10)21-6-2-3-11(9-21)19-16(23)15-14(22(24)25)8-18-20-15/h4-5,7-8,11H,2-3,6,9H2,1H3,(H,18,20)(H,19,23). The van der Waals surface area contributed by atoms with Crippen molar-refractivity contribution >= 4 is 17.3 Å². The van der Waals surface area contributed by atoms with Gasteiger partial charge in [-0.3, -0.25) is 20.0 Å². The van der Waals surface area contributed by atoms with Gasteiger partial charge in [0.05, 0.1) is 10.6 Å². The molecule has 2 N–H and O–H groups in total. The van der Waals surface area contributed by atoms with Crippen LogP contribution in [-0.2, 0) is 0 Å². The van der Waals surface area contributed by atoms with Crippen LogP contribution in [-0.4, -0.2) is 40.2 Å². The quantitative estimate of drug-likeness (QED) is 0.651. The summed E-state index contributed by atoms with van der Waals surface area (Å²) in [5, 5.41) is 19.6. The molecule has 0 radical (unpaired) electrons. The van der Waals surface area contributed by atoms with E-state index in [0.29, 0.717) is 18.8 Å². The van der Waals surface area contributed by atoms with Gasteiger partial charge in [0.2, 0.25) is 5.69 Å². The monoisotopic (exact) mass is 347 g/mol. The first kappa shape index (κ1) is 16.9. The van der Waals surface area contributed by atoms with Crippen LogP contribution in [0, 0.1) is 22.9 Å². The van der Waals surface area contributed by atoms with Crippen molar-refractivity contribution in [1.82, 2.24) is 15.5 Å². The summed E-state index contributed by atoms with van der Waals surface area (Å²) in [6, 6.07) is 4.68. The van der Waals surface area contributed by atoms with Gasteiger partial charge < -0.3 is 10.2 Å². The summed E-state index contributed by atoms with van der Waals surface area (Å²) in [4.78, 5) is 24.4. The highest BCUT2D eigenvalue weighted by molar-refractivity contribution is 5.96. The van der Waals surface area contributed by atoms with Crippen molar-refractivity contribution in [3.63, 3.8) is 0 Å². The molecule has 8 nitrogen and oxygen atoms in total. The molecule has 25 heavy (non-hydrogen) atoms. The maximum atomic E-state index is 14.1. The lowest BCUT2D eigenvalue weighted by Gasteiger charge is -2.35. The molecule has 1 aliphatic rings. The molecule has 1 atom stereocenters. The largest absolute Gasteiger partial charge is 0.367 e. The van der Waals surface area contributed by atoms with Crippen molar-refractivity contribution in [2.45, 2.75) is 25.8 Å². The second-order valence-electron chi connectivity index (χ2n) is 6.10. The predicted octanol–water partition coefficient (Wildman–Crippen LogP) is 2.16. The summed E-state index contributed by atoms with van der Waals surface area (Å²) in [5.41, 5.74) is 0.917. The number of nitro groups is 1. The molecule has 1 unspecified atom stereocenters. The Bertz CT molecular complexity index is 807. The normalized spacial score (nSPS) is 17.4. The van der Waals surface area contributed by atoms with Gasteiger partial charge >= 0.3 is 5.69 Å². The predicted molar refractivity (Wildman–Crippen MR) is 89.1 cm³/mol. The zero-order valence-corrected chi connectivity index (χ0v) is 13.7. The van der Waals surface area contributed by atoms with Gasteiger partial charge in [0.1, 0.15) is 12.0 Å². The van der Waals surface area contributed by atoms with Crippen LogP contribution in [0.1, 0.15) is 28.9 Å². The fraction of sp³-hybridized carbons (Fsp3) is 0.375. The summed E-state index contributed by atoms with van der Waals surface area (Å²) in [6.07, 6.45) is 2.51. The number of halogens is 1. The number of nitrogens with one attached hydrogen (secondary N) is 2. The van der Waals surface area contributed by atoms with Crippen LogP contribution >= 0.6 is 0 Å². The van der Waals surface area contributed by atoms with Crippen LogP contribution in [0.15, 0.2) is 24.4 Å². The zero-order chi connectivity index (χ0) is 18.0. The lowest BCUT2D eigenvalue weighted by molar-refractivity contribution is -0.385. The number of H-pyrrole nitrogens is 1. The molecule has 0 saturated carbocycles. The number of carbonyl (C=O) groups excluding carboxylic acids is 1. The number of aryl methyl sites for hydroxylation is 1. The van der Waals surface area contributed by atoms with Crippen molar-refractivity contribution < 1.29 is 14.1 Å². The lowest BCUT2D eigenvalue weighted by atomic mass is 10.0. The molecule has 0 aliphatic carbocycles. The van der Waals surface area contributed by atoms with Gasteiger partial charge in [-0.05, 0) is 37.5 Å². The van der Waals surface area contributed by atoms with E-state index in [4.69, 9.17) is 0 Å². The zero-order valence-electron chi connectivity index (χ0n) is 13.7. The maximum absolute atomic E-state index is 14.1. The van der Waals surface area contributed by atoms with Crippen LogP contribution in [0.4, 0.5) is 15.8 Å². The Morgan fingerprint density at radius 1 is 1.52 bits per heavy atom. The van der Waals surface area contributed by atoms with Crippen LogP contribution in [0.2, 0.25) is 0 Å². The fourth-order valence-electron chi connectivity index (χ4n) is 3.02. The van der Waals surface area contributed by atoms with Crippen LogP contribution < -0.4 is 10.2 Å². The Hall–Kier alpha value is -2.97. The number of rotatable bonds is 4. The summed E-state index contributed by atoms with van der Waals surface area (Å²) < 4.78 is 14.1. The lowest BCUT2D eigenvalue weighted by Crippen LogP contribution is -2.48. The molecule has 2 heterocycles. The number of carbonyl (C=O) groups is 1. The highest BCUT2D eigenvalue weighted by Crippen LogP contribution is 2.25. The second kappa shape index (κ2) is 6.88. The van der Waals surface area contributed by atoms with Crippen molar-refractivity contribution in [3.05, 3.63) is 51.6 Å². The number of nitrogens with zero attached hydrogens (tertiary/aromatic N) is 3. The van der Waals surface area contributed by atoms with E-state index in [1.807, 2.05) is 11.8 Å². The summed E-state index contributed by atoms with van der Waals surface area (Å²) in [5.74, 6) is -0.887. The third-order valence-corrected chi connectivity index (χ3v) is 4.24. The Kier molecular flexibility index (Phi) is 4.64. The molecular weight excluding hydrogens is 329 g/mol. The summed E-state index contributed by atoms with van der Waals surface area (Å²) in [6.45, 7) is 3.02. The SMILES string of the molecule is Cc1ccc(F)c(N2CCCC(NC(=O)c3[nH]ncc3[N+](=O)[O-])C2)c1. The van der Waals surface area contributed by atoms with Gasteiger partial charge in [-0.1, -0.05) is 6.07 Å². The molecule has 1 fully saturated rings. The van der Waals surface area contributed by atoms with Gasteiger partial charge in [-0.15, -0.1) is 0 Å². The smallest absolute Gasteiger partial charge is 0.319 e. The number of hydrogen-bond acceptors (Lipinski definition) is 5. The molecule has 2 aromatic rings. The van der Waals surface area contributed by atoms with Crippen LogP contribution in [0.5, 0.6) is 0 Å². The molecule has 1 saturated heterocycles. The third kappa shape index (κ3) is 3.59. The first-order valence-electron chi connectivity index (χ1n) is 7.95. The number of hydrogen-bond donors (Lipinski definition) is 2. The van der Waals surface area contributed by atoms with E-state index >= 15 is 0 Å². The van der Waals surface area contributed by atoms with E-state index in [-0.39, 0.29) is 23.2 Å². The number of piperidine rings is 1. The first-order valence-corrected chi connectivity index (χ1v) is 7.95. The van der Waals surface area contributed by atoms with Crippen molar-refractivity contribution in [2.24, 2.45) is 0 Å². The van der Waals surface area contributed by atoms with Gasteiger partial charge in [-0.25, -0.2) is 4.39 Å². The molecule has 3 rings (SSSR count).